The minimum absolute atomic E-state index is 0.0276. The number of hydrogen-bond donors (Lipinski definition) is 3. The first-order valence-electron chi connectivity index (χ1n) is 4.51. The SMILES string of the molecule is COc1ccc(/C(C(=N)N)=C(\C)N)cc1. The van der Waals surface area contributed by atoms with Crippen molar-refractivity contribution in [1.29, 1.82) is 5.41 Å². The van der Waals surface area contributed by atoms with Crippen molar-refractivity contribution in [1.82, 2.24) is 0 Å². The van der Waals surface area contributed by atoms with Crippen LogP contribution in [0.15, 0.2) is 30.0 Å². The number of hydrogen-bond acceptors (Lipinski definition) is 3. The molecule has 0 aromatic heterocycles. The second-order valence-electron chi connectivity index (χ2n) is 3.20. The smallest absolute Gasteiger partial charge is 0.125 e. The van der Waals surface area contributed by atoms with E-state index < -0.39 is 0 Å². The number of amidine groups is 1. The van der Waals surface area contributed by atoms with Gasteiger partial charge in [-0.05, 0) is 24.6 Å². The van der Waals surface area contributed by atoms with E-state index in [1.54, 1.807) is 26.2 Å². The van der Waals surface area contributed by atoms with E-state index >= 15 is 0 Å². The van der Waals surface area contributed by atoms with Gasteiger partial charge in [-0.3, -0.25) is 5.41 Å². The standard InChI is InChI=1S/C11H15N3O/c1-7(12)10(11(13)14)8-3-5-9(15-2)6-4-8/h3-6H,12H2,1-2H3,(H3,13,14)/b10-7-. The van der Waals surface area contributed by atoms with Gasteiger partial charge in [0.1, 0.15) is 11.6 Å². The van der Waals surface area contributed by atoms with Crippen LogP contribution in [0.3, 0.4) is 0 Å². The molecular formula is C11H15N3O. The molecule has 0 aliphatic carbocycles. The van der Waals surface area contributed by atoms with Gasteiger partial charge < -0.3 is 16.2 Å². The van der Waals surface area contributed by atoms with Gasteiger partial charge in [0.25, 0.3) is 0 Å². The quantitative estimate of drug-likeness (QED) is 0.514. The van der Waals surface area contributed by atoms with Crippen molar-refractivity contribution in [3.8, 4) is 5.75 Å². The molecular weight excluding hydrogens is 190 g/mol. The van der Waals surface area contributed by atoms with Crippen LogP contribution >= 0.6 is 0 Å². The number of allylic oxidation sites excluding steroid dienone is 1. The number of rotatable bonds is 3. The Kier molecular flexibility index (Phi) is 3.33. The summed E-state index contributed by atoms with van der Waals surface area (Å²) in [6.07, 6.45) is 0. The molecule has 4 heteroatoms. The Morgan fingerprint density at radius 3 is 2.07 bits per heavy atom. The minimum atomic E-state index is -0.0276. The van der Waals surface area contributed by atoms with Gasteiger partial charge in [0.15, 0.2) is 0 Å². The van der Waals surface area contributed by atoms with Gasteiger partial charge >= 0.3 is 0 Å². The van der Waals surface area contributed by atoms with Crippen LogP contribution < -0.4 is 16.2 Å². The van der Waals surface area contributed by atoms with Crippen molar-refractivity contribution in [2.45, 2.75) is 6.92 Å². The topological polar surface area (TPSA) is 85.1 Å². The number of nitrogens with two attached hydrogens (primary N) is 2. The van der Waals surface area contributed by atoms with E-state index in [0.717, 1.165) is 11.3 Å². The van der Waals surface area contributed by atoms with Gasteiger partial charge in [0, 0.05) is 11.3 Å². The molecule has 80 valence electrons. The van der Waals surface area contributed by atoms with Crippen molar-refractivity contribution in [2.24, 2.45) is 11.5 Å². The van der Waals surface area contributed by atoms with Gasteiger partial charge in [-0.1, -0.05) is 12.1 Å². The van der Waals surface area contributed by atoms with Crippen molar-refractivity contribution < 1.29 is 4.74 Å². The summed E-state index contributed by atoms with van der Waals surface area (Å²) in [6.45, 7) is 1.72. The lowest BCUT2D eigenvalue weighted by Gasteiger charge is -2.08. The predicted octanol–water partition coefficient (Wildman–Crippen LogP) is 1.32. The maximum atomic E-state index is 7.43. The fourth-order valence-corrected chi connectivity index (χ4v) is 1.35. The highest BCUT2D eigenvalue weighted by Crippen LogP contribution is 2.19. The fraction of sp³-hybridized carbons (Fsp3) is 0.182. The molecule has 0 heterocycles. The summed E-state index contributed by atoms with van der Waals surface area (Å²) in [5.41, 5.74) is 13.0. The normalized spacial score (nSPS) is 11.9. The van der Waals surface area contributed by atoms with E-state index in [1.807, 2.05) is 12.1 Å². The summed E-state index contributed by atoms with van der Waals surface area (Å²) >= 11 is 0. The lowest BCUT2D eigenvalue weighted by Crippen LogP contribution is -2.15. The molecule has 0 saturated heterocycles. The van der Waals surface area contributed by atoms with E-state index in [2.05, 4.69) is 0 Å². The summed E-state index contributed by atoms with van der Waals surface area (Å²) in [5, 5.41) is 7.43. The Labute approximate surface area is 89.0 Å². The molecule has 0 fully saturated rings. The molecule has 0 unspecified atom stereocenters. The van der Waals surface area contributed by atoms with Crippen molar-refractivity contribution >= 4 is 11.4 Å². The lowest BCUT2D eigenvalue weighted by atomic mass is 10.0. The highest BCUT2D eigenvalue weighted by Gasteiger charge is 2.07. The summed E-state index contributed by atoms with van der Waals surface area (Å²) in [6, 6.07) is 7.26. The third-order valence-corrected chi connectivity index (χ3v) is 2.04. The molecule has 0 radical (unpaired) electrons. The molecule has 0 saturated carbocycles. The van der Waals surface area contributed by atoms with Crippen LogP contribution in [0.1, 0.15) is 12.5 Å². The average molecular weight is 205 g/mol. The molecule has 1 aromatic rings. The van der Waals surface area contributed by atoms with E-state index in [4.69, 9.17) is 21.6 Å². The average Bonchev–Trinajstić information content (AvgIpc) is 2.18. The highest BCUT2D eigenvalue weighted by atomic mass is 16.5. The largest absolute Gasteiger partial charge is 0.497 e. The summed E-state index contributed by atoms with van der Waals surface area (Å²) < 4.78 is 5.04. The van der Waals surface area contributed by atoms with E-state index in [1.165, 1.54) is 0 Å². The fourth-order valence-electron chi connectivity index (χ4n) is 1.35. The van der Waals surface area contributed by atoms with Crippen molar-refractivity contribution in [3.63, 3.8) is 0 Å². The third kappa shape index (κ3) is 2.49. The Hall–Kier alpha value is -1.97. The lowest BCUT2D eigenvalue weighted by molar-refractivity contribution is 0.415. The number of benzene rings is 1. The van der Waals surface area contributed by atoms with Gasteiger partial charge in [-0.25, -0.2) is 0 Å². The molecule has 1 rings (SSSR count). The van der Waals surface area contributed by atoms with Crippen LogP contribution in [-0.4, -0.2) is 12.9 Å². The molecule has 5 N–H and O–H groups in total. The Morgan fingerprint density at radius 1 is 1.20 bits per heavy atom. The Morgan fingerprint density at radius 2 is 1.73 bits per heavy atom. The first-order chi connectivity index (χ1) is 7.06. The Bertz CT molecular complexity index is 389. The maximum absolute atomic E-state index is 7.43. The molecule has 0 aliphatic heterocycles. The highest BCUT2D eigenvalue weighted by molar-refractivity contribution is 6.21. The molecule has 0 atom stereocenters. The third-order valence-electron chi connectivity index (χ3n) is 2.04. The van der Waals surface area contributed by atoms with Crippen LogP contribution in [-0.2, 0) is 0 Å². The summed E-state index contributed by atoms with van der Waals surface area (Å²) in [4.78, 5) is 0. The predicted molar refractivity (Wildman–Crippen MR) is 61.7 cm³/mol. The van der Waals surface area contributed by atoms with Crippen LogP contribution in [0.25, 0.3) is 5.57 Å². The zero-order chi connectivity index (χ0) is 11.4. The number of ether oxygens (including phenoxy) is 1. The second-order valence-corrected chi connectivity index (χ2v) is 3.20. The van der Waals surface area contributed by atoms with Crippen LogP contribution in [0.4, 0.5) is 0 Å². The number of methoxy groups -OCH3 is 1. The molecule has 0 aliphatic rings. The van der Waals surface area contributed by atoms with Gasteiger partial charge in [0.2, 0.25) is 0 Å². The van der Waals surface area contributed by atoms with E-state index in [9.17, 15) is 0 Å². The van der Waals surface area contributed by atoms with Crippen LogP contribution in [0.5, 0.6) is 5.75 Å². The summed E-state index contributed by atoms with van der Waals surface area (Å²) in [7, 11) is 1.60. The molecule has 15 heavy (non-hydrogen) atoms. The van der Waals surface area contributed by atoms with Crippen LogP contribution in [0.2, 0.25) is 0 Å². The van der Waals surface area contributed by atoms with Crippen LogP contribution in [0, 0.1) is 5.41 Å². The summed E-state index contributed by atoms with van der Waals surface area (Å²) in [5.74, 6) is 0.733. The maximum Gasteiger partial charge on any atom is 0.125 e. The van der Waals surface area contributed by atoms with Gasteiger partial charge in [-0.2, -0.15) is 0 Å². The van der Waals surface area contributed by atoms with E-state index in [0.29, 0.717) is 11.3 Å². The molecule has 0 bridgehead atoms. The minimum Gasteiger partial charge on any atom is -0.497 e. The zero-order valence-electron chi connectivity index (χ0n) is 8.87. The van der Waals surface area contributed by atoms with Gasteiger partial charge in [-0.15, -0.1) is 0 Å². The molecule has 4 nitrogen and oxygen atoms in total. The zero-order valence-corrected chi connectivity index (χ0v) is 8.87. The molecule has 1 aromatic carbocycles. The first kappa shape index (κ1) is 11.1. The Balaban J connectivity index is 3.15. The molecule has 0 spiro atoms. The monoisotopic (exact) mass is 205 g/mol. The number of nitrogens with one attached hydrogen (secondary N) is 1. The second kappa shape index (κ2) is 4.50. The first-order valence-corrected chi connectivity index (χ1v) is 4.51. The van der Waals surface area contributed by atoms with Crippen molar-refractivity contribution in [3.05, 3.63) is 35.5 Å². The molecule has 0 amide bonds. The van der Waals surface area contributed by atoms with E-state index in [-0.39, 0.29) is 5.84 Å². The van der Waals surface area contributed by atoms with Gasteiger partial charge in [0.05, 0.1) is 7.11 Å². The van der Waals surface area contributed by atoms with Crippen molar-refractivity contribution in [2.75, 3.05) is 7.11 Å².